The predicted octanol–water partition coefficient (Wildman–Crippen LogP) is 4.20. The molecular weight excluding hydrogens is 284 g/mol. The molecule has 3 rings (SSSR count). The van der Waals surface area contributed by atoms with E-state index in [1.54, 1.807) is 24.3 Å². The molecule has 0 heterocycles. The van der Waals surface area contributed by atoms with Gasteiger partial charge in [0, 0.05) is 5.56 Å². The number of rotatable bonds is 3. The third-order valence-electron chi connectivity index (χ3n) is 3.90. The molecule has 0 fully saturated rings. The van der Waals surface area contributed by atoms with Crippen molar-refractivity contribution in [1.82, 2.24) is 5.32 Å². The van der Waals surface area contributed by atoms with Gasteiger partial charge in [0.25, 0.3) is 5.91 Å². The summed E-state index contributed by atoms with van der Waals surface area (Å²) in [7, 11) is 0. The first kappa shape index (κ1) is 14.8. The van der Waals surface area contributed by atoms with E-state index in [0.717, 1.165) is 10.9 Å². The van der Waals surface area contributed by atoms with E-state index < -0.39 is 0 Å². The second-order valence-electron chi connectivity index (χ2n) is 5.49. The van der Waals surface area contributed by atoms with E-state index in [2.05, 4.69) is 29.6 Å². The smallest absolute Gasteiger partial charge is 0.251 e. The maximum absolute atomic E-state index is 12.3. The van der Waals surface area contributed by atoms with Gasteiger partial charge in [-0.2, -0.15) is 5.26 Å². The molecule has 112 valence electrons. The second kappa shape index (κ2) is 6.33. The highest BCUT2D eigenvalue weighted by atomic mass is 16.1. The number of fused-ring (bicyclic) bond motifs is 1. The quantitative estimate of drug-likeness (QED) is 0.788. The highest BCUT2D eigenvalue weighted by Crippen LogP contribution is 2.20. The van der Waals surface area contributed by atoms with Gasteiger partial charge in [-0.15, -0.1) is 0 Å². The van der Waals surface area contributed by atoms with Gasteiger partial charge in [0.1, 0.15) is 0 Å². The molecule has 1 amide bonds. The Morgan fingerprint density at radius 2 is 1.70 bits per heavy atom. The van der Waals surface area contributed by atoms with Crippen LogP contribution in [0.5, 0.6) is 0 Å². The average Bonchev–Trinajstić information content (AvgIpc) is 2.61. The summed E-state index contributed by atoms with van der Waals surface area (Å²) >= 11 is 0. The van der Waals surface area contributed by atoms with Crippen molar-refractivity contribution in [2.24, 2.45) is 0 Å². The van der Waals surface area contributed by atoms with Gasteiger partial charge in [-0.05, 0) is 53.6 Å². The van der Waals surface area contributed by atoms with Crippen molar-refractivity contribution in [3.8, 4) is 6.07 Å². The molecule has 3 nitrogen and oxygen atoms in total. The van der Waals surface area contributed by atoms with E-state index in [1.165, 1.54) is 5.39 Å². The van der Waals surface area contributed by atoms with Crippen LogP contribution in [0.25, 0.3) is 10.8 Å². The summed E-state index contributed by atoms with van der Waals surface area (Å²) in [5, 5.41) is 14.1. The number of nitrogens with one attached hydrogen (secondary N) is 1. The van der Waals surface area contributed by atoms with Crippen molar-refractivity contribution in [1.29, 1.82) is 5.26 Å². The molecule has 1 N–H and O–H groups in total. The normalized spacial score (nSPS) is 11.7. The summed E-state index contributed by atoms with van der Waals surface area (Å²) < 4.78 is 0. The lowest BCUT2D eigenvalue weighted by atomic mass is 10.0. The van der Waals surface area contributed by atoms with E-state index in [0.29, 0.717) is 11.1 Å². The highest BCUT2D eigenvalue weighted by Gasteiger charge is 2.11. The van der Waals surface area contributed by atoms with Gasteiger partial charge < -0.3 is 5.32 Å². The molecule has 3 heteroatoms. The molecular formula is C20H16N2O. The molecule has 0 aliphatic rings. The zero-order valence-corrected chi connectivity index (χ0v) is 12.8. The number of amides is 1. The van der Waals surface area contributed by atoms with Crippen molar-refractivity contribution in [2.45, 2.75) is 13.0 Å². The molecule has 0 aliphatic carbocycles. The molecule has 23 heavy (non-hydrogen) atoms. The first-order valence-corrected chi connectivity index (χ1v) is 7.47. The van der Waals surface area contributed by atoms with E-state index >= 15 is 0 Å². The van der Waals surface area contributed by atoms with Crippen molar-refractivity contribution in [3.05, 3.63) is 83.4 Å². The molecule has 1 unspecified atom stereocenters. The SMILES string of the molecule is CC(NC(=O)c1ccc(C#N)cc1)c1ccc2ccccc2c1. The molecule has 1 atom stereocenters. The fourth-order valence-electron chi connectivity index (χ4n) is 2.54. The van der Waals surface area contributed by atoms with Crippen molar-refractivity contribution in [3.63, 3.8) is 0 Å². The topological polar surface area (TPSA) is 52.9 Å². The molecule has 0 bridgehead atoms. The van der Waals surface area contributed by atoms with Gasteiger partial charge in [-0.1, -0.05) is 36.4 Å². The summed E-state index contributed by atoms with van der Waals surface area (Å²) in [5.74, 6) is -0.143. The number of hydrogen-bond acceptors (Lipinski definition) is 2. The van der Waals surface area contributed by atoms with E-state index in [-0.39, 0.29) is 11.9 Å². The van der Waals surface area contributed by atoms with Crippen LogP contribution in [0.2, 0.25) is 0 Å². The number of hydrogen-bond donors (Lipinski definition) is 1. The van der Waals surface area contributed by atoms with Crippen LogP contribution in [-0.4, -0.2) is 5.91 Å². The number of benzene rings is 3. The minimum atomic E-state index is -0.143. The largest absolute Gasteiger partial charge is 0.346 e. The Morgan fingerprint density at radius 1 is 1.00 bits per heavy atom. The molecule has 0 aromatic heterocycles. The van der Waals surface area contributed by atoms with Crippen molar-refractivity contribution < 1.29 is 4.79 Å². The Hall–Kier alpha value is -3.12. The van der Waals surface area contributed by atoms with Crippen LogP contribution in [-0.2, 0) is 0 Å². The lowest BCUT2D eigenvalue weighted by Gasteiger charge is -2.15. The monoisotopic (exact) mass is 300 g/mol. The first-order chi connectivity index (χ1) is 11.2. The fraction of sp³-hybridized carbons (Fsp3) is 0.100. The fourth-order valence-corrected chi connectivity index (χ4v) is 2.54. The summed E-state index contributed by atoms with van der Waals surface area (Å²) in [6.45, 7) is 1.96. The molecule has 0 aliphatic heterocycles. The average molecular weight is 300 g/mol. The Labute approximate surface area is 135 Å². The van der Waals surface area contributed by atoms with Crippen LogP contribution in [0.15, 0.2) is 66.7 Å². The van der Waals surface area contributed by atoms with Crippen LogP contribution in [0.3, 0.4) is 0 Å². The van der Waals surface area contributed by atoms with Gasteiger partial charge in [0.2, 0.25) is 0 Å². The molecule has 0 spiro atoms. The molecule has 3 aromatic rings. The Balaban J connectivity index is 1.77. The van der Waals surface area contributed by atoms with Crippen molar-refractivity contribution >= 4 is 16.7 Å². The van der Waals surface area contributed by atoms with Crippen LogP contribution < -0.4 is 5.32 Å². The summed E-state index contributed by atoms with van der Waals surface area (Å²) in [6, 6.07) is 22.9. The third-order valence-corrected chi connectivity index (χ3v) is 3.90. The maximum atomic E-state index is 12.3. The van der Waals surface area contributed by atoms with Gasteiger partial charge >= 0.3 is 0 Å². The molecule has 0 saturated carbocycles. The van der Waals surface area contributed by atoms with Gasteiger partial charge in [0.15, 0.2) is 0 Å². The van der Waals surface area contributed by atoms with E-state index in [4.69, 9.17) is 5.26 Å². The number of nitriles is 1. The molecule has 0 radical (unpaired) electrons. The number of carbonyl (C=O) groups excluding carboxylic acids is 1. The predicted molar refractivity (Wildman–Crippen MR) is 91.0 cm³/mol. The maximum Gasteiger partial charge on any atom is 0.251 e. The Morgan fingerprint density at radius 3 is 2.39 bits per heavy atom. The lowest BCUT2D eigenvalue weighted by molar-refractivity contribution is 0.0940. The Bertz CT molecular complexity index is 891. The second-order valence-corrected chi connectivity index (χ2v) is 5.49. The van der Waals surface area contributed by atoms with Gasteiger partial charge in [-0.25, -0.2) is 0 Å². The third kappa shape index (κ3) is 3.22. The van der Waals surface area contributed by atoms with Crippen molar-refractivity contribution in [2.75, 3.05) is 0 Å². The van der Waals surface area contributed by atoms with E-state index in [9.17, 15) is 4.79 Å². The summed E-state index contributed by atoms with van der Waals surface area (Å²) in [5.41, 5.74) is 2.16. The number of nitrogens with zero attached hydrogens (tertiary/aromatic N) is 1. The minimum absolute atomic E-state index is 0.0947. The summed E-state index contributed by atoms with van der Waals surface area (Å²) in [4.78, 5) is 12.3. The van der Waals surface area contributed by atoms with Crippen LogP contribution in [0, 0.1) is 11.3 Å². The Kier molecular flexibility index (Phi) is 4.07. The van der Waals surface area contributed by atoms with Gasteiger partial charge in [-0.3, -0.25) is 4.79 Å². The standard InChI is InChI=1S/C20H16N2O/c1-14(18-11-10-16-4-2-3-5-19(16)12-18)22-20(23)17-8-6-15(13-21)7-9-17/h2-12,14H,1H3,(H,22,23). The van der Waals surface area contributed by atoms with Crippen LogP contribution >= 0.6 is 0 Å². The zero-order valence-electron chi connectivity index (χ0n) is 12.8. The minimum Gasteiger partial charge on any atom is -0.346 e. The highest BCUT2D eigenvalue weighted by molar-refractivity contribution is 5.94. The van der Waals surface area contributed by atoms with Crippen LogP contribution in [0.4, 0.5) is 0 Å². The molecule has 0 saturated heterocycles. The number of carbonyl (C=O) groups is 1. The summed E-state index contributed by atoms with van der Waals surface area (Å²) in [6.07, 6.45) is 0. The van der Waals surface area contributed by atoms with Gasteiger partial charge in [0.05, 0.1) is 17.7 Å². The molecule has 3 aromatic carbocycles. The zero-order chi connectivity index (χ0) is 16.2. The van der Waals surface area contributed by atoms with E-state index in [1.807, 2.05) is 31.2 Å². The van der Waals surface area contributed by atoms with Crippen LogP contribution in [0.1, 0.15) is 34.5 Å². The first-order valence-electron chi connectivity index (χ1n) is 7.47. The lowest BCUT2D eigenvalue weighted by Crippen LogP contribution is -2.26.